The highest BCUT2D eigenvalue weighted by Crippen LogP contribution is 2.10. The number of nitrogens with one attached hydrogen (secondary N) is 1. The van der Waals surface area contributed by atoms with Gasteiger partial charge in [-0.2, -0.15) is 0 Å². The molecule has 4 nitrogen and oxygen atoms in total. The molecule has 0 bridgehead atoms. The summed E-state index contributed by atoms with van der Waals surface area (Å²) < 4.78 is 5.68. The van der Waals surface area contributed by atoms with Gasteiger partial charge in [0, 0.05) is 18.5 Å². The Balaban J connectivity index is 1.75. The predicted octanol–water partition coefficient (Wildman–Crippen LogP) is 2.68. The van der Waals surface area contributed by atoms with Gasteiger partial charge in [-0.3, -0.25) is 9.78 Å². The predicted molar refractivity (Wildman–Crippen MR) is 82.8 cm³/mol. The van der Waals surface area contributed by atoms with Crippen LogP contribution in [0.5, 0.6) is 5.75 Å². The number of hydrogen-bond acceptors (Lipinski definition) is 3. The zero-order valence-electron chi connectivity index (χ0n) is 11.9. The van der Waals surface area contributed by atoms with Crippen LogP contribution in [0, 0.1) is 0 Å². The Morgan fingerprint density at radius 3 is 2.81 bits per heavy atom. The molecule has 1 atom stereocenters. The topological polar surface area (TPSA) is 51.2 Å². The molecule has 0 unspecified atom stereocenters. The molecule has 4 heteroatoms. The first-order chi connectivity index (χ1) is 10.2. The summed E-state index contributed by atoms with van der Waals surface area (Å²) in [4.78, 5) is 15.7. The van der Waals surface area contributed by atoms with Gasteiger partial charge in [0.05, 0.1) is 6.54 Å². The zero-order chi connectivity index (χ0) is 14.9. The number of pyridine rings is 1. The minimum Gasteiger partial charge on any atom is -0.489 e. The second-order valence-electron chi connectivity index (χ2n) is 4.61. The van der Waals surface area contributed by atoms with Crippen molar-refractivity contribution in [2.75, 3.05) is 6.54 Å². The molecule has 0 aliphatic rings. The molecular formula is C17H18N2O2. The highest BCUT2D eigenvalue weighted by Gasteiger charge is 2.04. The average Bonchev–Trinajstić information content (AvgIpc) is 2.53. The monoisotopic (exact) mass is 282 g/mol. The number of nitrogens with zero attached hydrogens (tertiary/aromatic N) is 1. The lowest BCUT2D eigenvalue weighted by Crippen LogP contribution is -2.32. The Hall–Kier alpha value is -2.62. The first kappa shape index (κ1) is 14.8. The van der Waals surface area contributed by atoms with E-state index in [4.69, 9.17) is 4.74 Å². The molecular weight excluding hydrogens is 264 g/mol. The average molecular weight is 282 g/mol. The van der Waals surface area contributed by atoms with Crippen molar-refractivity contribution in [2.45, 2.75) is 13.0 Å². The number of amides is 1. The molecule has 21 heavy (non-hydrogen) atoms. The fraction of sp³-hybridized carbons (Fsp3) is 0.176. The molecule has 2 aromatic rings. The Kier molecular flexibility index (Phi) is 5.52. The number of carbonyl (C=O) groups is 1. The van der Waals surface area contributed by atoms with Gasteiger partial charge in [0.1, 0.15) is 11.9 Å². The van der Waals surface area contributed by atoms with Crippen LogP contribution >= 0.6 is 0 Å². The standard InChI is InChI=1S/C17H18N2O2/c1-14(21-16-7-3-2-4-8-16)12-19-17(20)10-9-15-6-5-11-18-13-15/h2-11,13-14H,12H2,1H3,(H,19,20)/b10-9+/t14-/m1/s1. The minimum absolute atomic E-state index is 0.0943. The van der Waals surface area contributed by atoms with Crippen LogP contribution in [0.25, 0.3) is 6.08 Å². The lowest BCUT2D eigenvalue weighted by atomic mass is 10.2. The first-order valence-corrected chi connectivity index (χ1v) is 6.81. The van der Waals surface area contributed by atoms with Crippen molar-refractivity contribution in [3.05, 3.63) is 66.5 Å². The molecule has 0 saturated heterocycles. The summed E-state index contributed by atoms with van der Waals surface area (Å²) in [7, 11) is 0. The lowest BCUT2D eigenvalue weighted by molar-refractivity contribution is -0.116. The van der Waals surface area contributed by atoms with E-state index in [1.54, 1.807) is 18.5 Å². The highest BCUT2D eigenvalue weighted by atomic mass is 16.5. The lowest BCUT2D eigenvalue weighted by Gasteiger charge is -2.14. The van der Waals surface area contributed by atoms with Gasteiger partial charge in [-0.1, -0.05) is 24.3 Å². The van der Waals surface area contributed by atoms with E-state index < -0.39 is 0 Å². The molecule has 0 fully saturated rings. The molecule has 1 heterocycles. The van der Waals surface area contributed by atoms with E-state index in [0.29, 0.717) is 6.54 Å². The second kappa shape index (κ2) is 7.85. The fourth-order valence-electron chi connectivity index (χ4n) is 1.72. The summed E-state index contributed by atoms with van der Waals surface area (Å²) in [5.41, 5.74) is 0.890. The Morgan fingerprint density at radius 1 is 1.29 bits per heavy atom. The summed E-state index contributed by atoms with van der Waals surface area (Å²) in [6.07, 6.45) is 6.52. The van der Waals surface area contributed by atoms with Gasteiger partial charge >= 0.3 is 0 Å². The maximum absolute atomic E-state index is 11.7. The number of para-hydroxylation sites is 1. The Bertz CT molecular complexity index is 582. The van der Waals surface area contributed by atoms with Crippen LogP contribution in [0.1, 0.15) is 12.5 Å². The van der Waals surface area contributed by atoms with E-state index >= 15 is 0 Å². The summed E-state index contributed by atoms with van der Waals surface area (Å²) in [6, 6.07) is 13.3. The summed E-state index contributed by atoms with van der Waals surface area (Å²) >= 11 is 0. The molecule has 0 saturated carbocycles. The Labute approximate surface area is 124 Å². The van der Waals surface area contributed by atoms with Crippen LogP contribution in [-0.4, -0.2) is 23.5 Å². The van der Waals surface area contributed by atoms with Crippen molar-refractivity contribution in [2.24, 2.45) is 0 Å². The Morgan fingerprint density at radius 2 is 2.10 bits per heavy atom. The van der Waals surface area contributed by atoms with Crippen LogP contribution in [0.2, 0.25) is 0 Å². The van der Waals surface area contributed by atoms with Crippen molar-refractivity contribution in [3.8, 4) is 5.75 Å². The maximum Gasteiger partial charge on any atom is 0.244 e. The summed E-state index contributed by atoms with van der Waals surface area (Å²) in [5.74, 6) is 0.646. The number of ether oxygens (including phenoxy) is 1. The third kappa shape index (κ3) is 5.48. The minimum atomic E-state index is -0.151. The first-order valence-electron chi connectivity index (χ1n) is 6.81. The van der Waals surface area contributed by atoms with Crippen molar-refractivity contribution >= 4 is 12.0 Å². The summed E-state index contributed by atoms with van der Waals surface area (Å²) in [6.45, 7) is 2.36. The van der Waals surface area contributed by atoms with Crippen molar-refractivity contribution in [1.82, 2.24) is 10.3 Å². The molecule has 0 aliphatic carbocycles. The van der Waals surface area contributed by atoms with E-state index in [2.05, 4.69) is 10.3 Å². The number of carbonyl (C=O) groups excluding carboxylic acids is 1. The quantitative estimate of drug-likeness (QED) is 0.829. The smallest absolute Gasteiger partial charge is 0.244 e. The third-order valence-electron chi connectivity index (χ3n) is 2.76. The molecule has 1 amide bonds. The molecule has 2 rings (SSSR count). The van der Waals surface area contributed by atoms with E-state index in [1.165, 1.54) is 6.08 Å². The largest absolute Gasteiger partial charge is 0.489 e. The van der Waals surface area contributed by atoms with E-state index in [-0.39, 0.29) is 12.0 Å². The van der Waals surface area contributed by atoms with Gasteiger partial charge in [0.25, 0.3) is 0 Å². The van der Waals surface area contributed by atoms with E-state index in [1.807, 2.05) is 49.4 Å². The van der Waals surface area contributed by atoms with Gasteiger partial charge in [0.15, 0.2) is 0 Å². The van der Waals surface area contributed by atoms with Crippen LogP contribution in [-0.2, 0) is 4.79 Å². The van der Waals surface area contributed by atoms with Crippen molar-refractivity contribution in [3.63, 3.8) is 0 Å². The molecule has 1 aromatic heterocycles. The van der Waals surface area contributed by atoms with Crippen LogP contribution in [0.15, 0.2) is 60.9 Å². The van der Waals surface area contributed by atoms with Gasteiger partial charge < -0.3 is 10.1 Å². The van der Waals surface area contributed by atoms with Gasteiger partial charge in [-0.15, -0.1) is 0 Å². The molecule has 0 radical (unpaired) electrons. The molecule has 1 N–H and O–H groups in total. The fourth-order valence-corrected chi connectivity index (χ4v) is 1.72. The van der Waals surface area contributed by atoms with Gasteiger partial charge in [0.2, 0.25) is 5.91 Å². The number of benzene rings is 1. The van der Waals surface area contributed by atoms with Crippen LogP contribution in [0.4, 0.5) is 0 Å². The van der Waals surface area contributed by atoms with Crippen LogP contribution < -0.4 is 10.1 Å². The van der Waals surface area contributed by atoms with Crippen molar-refractivity contribution < 1.29 is 9.53 Å². The molecule has 0 spiro atoms. The van der Waals surface area contributed by atoms with Gasteiger partial charge in [-0.05, 0) is 36.8 Å². The number of aromatic nitrogens is 1. The number of hydrogen-bond donors (Lipinski definition) is 1. The second-order valence-corrected chi connectivity index (χ2v) is 4.61. The number of rotatable bonds is 6. The zero-order valence-corrected chi connectivity index (χ0v) is 11.9. The SMILES string of the molecule is C[C@H](CNC(=O)/C=C/c1cccnc1)Oc1ccccc1. The van der Waals surface area contributed by atoms with E-state index in [0.717, 1.165) is 11.3 Å². The van der Waals surface area contributed by atoms with Crippen LogP contribution in [0.3, 0.4) is 0 Å². The molecule has 108 valence electrons. The van der Waals surface area contributed by atoms with Gasteiger partial charge in [-0.25, -0.2) is 0 Å². The summed E-state index contributed by atoms with van der Waals surface area (Å²) in [5, 5.41) is 2.80. The third-order valence-corrected chi connectivity index (χ3v) is 2.76. The highest BCUT2D eigenvalue weighted by molar-refractivity contribution is 5.91. The normalized spacial score (nSPS) is 12.0. The maximum atomic E-state index is 11.7. The molecule has 1 aromatic carbocycles. The molecule has 0 aliphatic heterocycles. The van der Waals surface area contributed by atoms with E-state index in [9.17, 15) is 4.79 Å². The van der Waals surface area contributed by atoms with Crippen molar-refractivity contribution in [1.29, 1.82) is 0 Å².